The first-order valence-electron chi connectivity index (χ1n) is 4.99. The Kier molecular flexibility index (Phi) is 4.78. The molecule has 2 rings (SSSR count). The van der Waals surface area contributed by atoms with Gasteiger partial charge in [-0.25, -0.2) is 4.03 Å². The van der Waals surface area contributed by atoms with Crippen molar-refractivity contribution < 1.29 is 0 Å². The minimum atomic E-state index is 0.660. The van der Waals surface area contributed by atoms with Gasteiger partial charge in [0.05, 0.1) is 27.5 Å². The fourth-order valence-corrected chi connectivity index (χ4v) is 2.46. The van der Waals surface area contributed by atoms with Gasteiger partial charge < -0.3 is 0 Å². The average molecular weight is 411 g/mol. The van der Waals surface area contributed by atoms with E-state index in [9.17, 15) is 0 Å². The molecule has 1 N–H and O–H groups in total. The molecule has 0 radical (unpaired) electrons. The fourth-order valence-electron chi connectivity index (χ4n) is 1.35. The molecule has 94 valence electrons. The quantitative estimate of drug-likeness (QED) is 0.500. The number of hydrazine groups is 1. The second kappa shape index (κ2) is 6.15. The zero-order chi connectivity index (χ0) is 13.1. The highest BCUT2D eigenvalue weighted by atomic mass is 79.9. The summed E-state index contributed by atoms with van der Waals surface area (Å²) in [6.07, 6.45) is 0. The third-order valence-corrected chi connectivity index (χ3v) is 3.93. The van der Waals surface area contributed by atoms with Crippen LogP contribution in [0.15, 0.2) is 46.9 Å². The molecule has 2 nitrogen and oxygen atoms in total. The van der Waals surface area contributed by atoms with Crippen LogP contribution in [0.3, 0.4) is 0 Å². The van der Waals surface area contributed by atoms with Crippen molar-refractivity contribution in [3.63, 3.8) is 0 Å². The zero-order valence-electron chi connectivity index (χ0n) is 9.00. The fraction of sp³-hybridized carbons (Fsp3) is 0. The lowest BCUT2D eigenvalue weighted by molar-refractivity contribution is 1.30. The van der Waals surface area contributed by atoms with Gasteiger partial charge in [-0.1, -0.05) is 29.3 Å². The van der Waals surface area contributed by atoms with Crippen LogP contribution >= 0.6 is 55.3 Å². The Labute approximate surface area is 132 Å². The summed E-state index contributed by atoms with van der Waals surface area (Å²) in [6.45, 7) is 0. The van der Waals surface area contributed by atoms with Gasteiger partial charge in [0.1, 0.15) is 0 Å². The number of nitrogens with zero attached hydrogens (tertiary/aromatic N) is 1. The molecule has 0 aromatic heterocycles. The summed E-state index contributed by atoms with van der Waals surface area (Å²) in [5.74, 6) is 0. The first kappa shape index (κ1) is 14.0. The Bertz CT molecular complexity index is 564. The molecule has 0 aliphatic rings. The van der Waals surface area contributed by atoms with Crippen molar-refractivity contribution in [2.24, 2.45) is 0 Å². The van der Waals surface area contributed by atoms with Gasteiger partial charge >= 0.3 is 0 Å². The molecule has 0 bridgehead atoms. The first-order chi connectivity index (χ1) is 8.56. The maximum atomic E-state index is 5.96. The summed E-state index contributed by atoms with van der Waals surface area (Å²) < 4.78 is 2.60. The summed E-state index contributed by atoms with van der Waals surface area (Å²) >= 11 is 18.8. The molecule has 0 aliphatic heterocycles. The molecule has 0 spiro atoms. The molecule has 0 unspecified atom stereocenters. The zero-order valence-corrected chi connectivity index (χ0v) is 13.7. The van der Waals surface area contributed by atoms with Crippen molar-refractivity contribution in [2.75, 3.05) is 9.46 Å². The minimum absolute atomic E-state index is 0.660. The van der Waals surface area contributed by atoms with Gasteiger partial charge in [0.2, 0.25) is 0 Å². The molecule has 0 aliphatic carbocycles. The van der Waals surface area contributed by atoms with Gasteiger partial charge in [-0.15, -0.1) is 0 Å². The predicted octanol–water partition coefficient (Wildman–Crippen LogP) is 5.90. The second-order valence-corrected chi connectivity index (χ2v) is 5.93. The number of hydrogen-bond acceptors (Lipinski definition) is 2. The van der Waals surface area contributed by atoms with E-state index in [1.54, 1.807) is 4.03 Å². The predicted molar refractivity (Wildman–Crippen MR) is 85.6 cm³/mol. The van der Waals surface area contributed by atoms with E-state index in [4.69, 9.17) is 23.2 Å². The highest BCUT2D eigenvalue weighted by Crippen LogP contribution is 2.29. The summed E-state index contributed by atoms with van der Waals surface area (Å²) in [6, 6.07) is 13.0. The molecule has 0 atom stereocenters. The summed E-state index contributed by atoms with van der Waals surface area (Å²) in [4.78, 5) is 0. The summed E-state index contributed by atoms with van der Waals surface area (Å²) in [5.41, 5.74) is 4.88. The topological polar surface area (TPSA) is 15.3 Å². The van der Waals surface area contributed by atoms with Crippen LogP contribution in [0, 0.1) is 0 Å². The van der Waals surface area contributed by atoms with Crippen LogP contribution in [0.2, 0.25) is 10.0 Å². The lowest BCUT2D eigenvalue weighted by atomic mass is 10.3. The number of rotatable bonds is 3. The van der Waals surface area contributed by atoms with Gasteiger partial charge in [-0.05, 0) is 52.3 Å². The van der Waals surface area contributed by atoms with Crippen LogP contribution in [0.4, 0.5) is 11.4 Å². The van der Waals surface area contributed by atoms with Crippen LogP contribution in [0.25, 0.3) is 0 Å². The minimum Gasteiger partial charge on any atom is -0.287 e. The average Bonchev–Trinajstić information content (AvgIpc) is 2.34. The summed E-state index contributed by atoms with van der Waals surface area (Å²) in [5, 5.41) is 1.33. The van der Waals surface area contributed by atoms with Crippen LogP contribution in [-0.4, -0.2) is 0 Å². The number of halogens is 4. The molecule has 6 heteroatoms. The van der Waals surface area contributed by atoms with Crippen LogP contribution in [0.1, 0.15) is 0 Å². The van der Waals surface area contributed by atoms with E-state index in [-0.39, 0.29) is 0 Å². The van der Waals surface area contributed by atoms with E-state index in [1.807, 2.05) is 42.5 Å². The van der Waals surface area contributed by atoms with Crippen molar-refractivity contribution in [3.05, 3.63) is 57.0 Å². The van der Waals surface area contributed by atoms with Gasteiger partial charge in [-0.2, -0.15) is 0 Å². The number of nitrogens with one attached hydrogen (secondary N) is 1. The Morgan fingerprint density at radius 3 is 2.44 bits per heavy atom. The van der Waals surface area contributed by atoms with E-state index in [2.05, 4.69) is 37.5 Å². The standard InChI is InChI=1S/C12H8Br2Cl2N2/c13-11-5-4-9(16)7-12(11)17-18(14)10-3-1-2-8(15)6-10/h1-7,17H. The van der Waals surface area contributed by atoms with Gasteiger partial charge in [-0.3, -0.25) is 5.43 Å². The second-order valence-electron chi connectivity index (χ2n) is 3.50. The molecule has 0 saturated heterocycles. The number of anilines is 2. The number of benzene rings is 2. The maximum Gasteiger partial charge on any atom is 0.0729 e. The Morgan fingerprint density at radius 2 is 1.72 bits per heavy atom. The van der Waals surface area contributed by atoms with Gasteiger partial charge in [0.25, 0.3) is 0 Å². The molecule has 0 heterocycles. The van der Waals surface area contributed by atoms with Crippen LogP contribution < -0.4 is 9.46 Å². The third-order valence-electron chi connectivity index (χ3n) is 2.18. The molecule has 0 saturated carbocycles. The largest absolute Gasteiger partial charge is 0.287 e. The number of hydrogen-bond donors (Lipinski definition) is 1. The maximum absolute atomic E-state index is 5.96. The molecule has 18 heavy (non-hydrogen) atoms. The van der Waals surface area contributed by atoms with Crippen LogP contribution in [0.5, 0.6) is 0 Å². The van der Waals surface area contributed by atoms with E-state index in [0.717, 1.165) is 15.8 Å². The van der Waals surface area contributed by atoms with Crippen molar-refractivity contribution in [3.8, 4) is 0 Å². The lowest BCUT2D eigenvalue weighted by Gasteiger charge is -2.20. The van der Waals surface area contributed by atoms with Crippen molar-refractivity contribution in [1.29, 1.82) is 0 Å². The SMILES string of the molecule is Clc1cccc(N(Br)Nc2cc(Cl)ccc2Br)c1. The molecule has 2 aromatic rings. The normalized spacial score (nSPS) is 10.2. The molecule has 0 fully saturated rings. The first-order valence-corrected chi connectivity index (χ1v) is 7.25. The van der Waals surface area contributed by atoms with Crippen molar-refractivity contribution in [2.45, 2.75) is 0 Å². The molecule has 2 aromatic carbocycles. The van der Waals surface area contributed by atoms with E-state index < -0.39 is 0 Å². The highest BCUT2D eigenvalue weighted by Gasteiger charge is 2.06. The van der Waals surface area contributed by atoms with E-state index >= 15 is 0 Å². The van der Waals surface area contributed by atoms with Crippen molar-refractivity contribution in [1.82, 2.24) is 0 Å². The monoisotopic (exact) mass is 408 g/mol. The van der Waals surface area contributed by atoms with Gasteiger partial charge in [0.15, 0.2) is 0 Å². The molecular formula is C12H8Br2Cl2N2. The van der Waals surface area contributed by atoms with Gasteiger partial charge in [0, 0.05) is 14.5 Å². The summed E-state index contributed by atoms with van der Waals surface area (Å²) in [7, 11) is 0. The third kappa shape index (κ3) is 3.54. The molecular weight excluding hydrogens is 403 g/mol. The Morgan fingerprint density at radius 1 is 1.00 bits per heavy atom. The molecule has 0 amide bonds. The van der Waals surface area contributed by atoms with Crippen LogP contribution in [-0.2, 0) is 0 Å². The van der Waals surface area contributed by atoms with Crippen molar-refractivity contribution >= 4 is 66.7 Å². The van der Waals surface area contributed by atoms with E-state index in [0.29, 0.717) is 10.0 Å². The lowest BCUT2D eigenvalue weighted by Crippen LogP contribution is -2.18. The Hall–Kier alpha value is -0.420. The smallest absolute Gasteiger partial charge is 0.0729 e. The highest BCUT2D eigenvalue weighted by molar-refractivity contribution is 9.10. The Balaban J connectivity index is 2.21. The van der Waals surface area contributed by atoms with E-state index in [1.165, 1.54) is 0 Å².